The number of carbonyl (C=O) groups is 1. The molecule has 2 rings (SSSR count). The van der Waals surface area contributed by atoms with Crippen molar-refractivity contribution in [3.63, 3.8) is 0 Å². The fraction of sp³-hybridized carbons (Fsp3) is 0.278. The monoisotopic (exact) mass is 426 g/mol. The number of anilines is 1. The Labute approximate surface area is 166 Å². The van der Waals surface area contributed by atoms with Crippen LogP contribution in [0.4, 0.5) is 15.8 Å². The van der Waals surface area contributed by atoms with Crippen LogP contribution in [0, 0.1) is 15.9 Å². The molecule has 156 valence electrons. The highest BCUT2D eigenvalue weighted by molar-refractivity contribution is 7.93. The first-order chi connectivity index (χ1) is 13.7. The summed E-state index contributed by atoms with van der Waals surface area (Å²) in [7, 11) is -1.72. The maximum atomic E-state index is 14.2. The number of sulfonamides is 1. The smallest absolute Gasteiger partial charge is 0.310 e. The Bertz CT molecular complexity index is 1040. The van der Waals surface area contributed by atoms with Crippen LogP contribution in [0.5, 0.6) is 11.5 Å². The van der Waals surface area contributed by atoms with E-state index in [-0.39, 0.29) is 40.6 Å². The van der Waals surface area contributed by atoms with Crippen molar-refractivity contribution in [2.75, 3.05) is 24.3 Å². The third kappa shape index (κ3) is 4.62. The van der Waals surface area contributed by atoms with Gasteiger partial charge in [0, 0.05) is 23.8 Å². The van der Waals surface area contributed by atoms with Crippen LogP contribution in [0.1, 0.15) is 23.7 Å². The molecule has 0 unspecified atom stereocenters. The summed E-state index contributed by atoms with van der Waals surface area (Å²) in [4.78, 5) is 23.4. The van der Waals surface area contributed by atoms with Gasteiger partial charge in [0.25, 0.3) is 5.91 Å². The van der Waals surface area contributed by atoms with Gasteiger partial charge in [0.05, 0.1) is 30.6 Å². The first-order valence-corrected chi connectivity index (χ1v) is 10.0. The number of nitrogens with zero attached hydrogens (tertiary/aromatic N) is 2. The summed E-state index contributed by atoms with van der Waals surface area (Å²) in [5, 5.41) is 11.0. The second-order valence-electron chi connectivity index (χ2n) is 5.85. The summed E-state index contributed by atoms with van der Waals surface area (Å²) in [6, 6.07) is 6.50. The van der Waals surface area contributed by atoms with Gasteiger partial charge in [-0.3, -0.25) is 14.9 Å². The molecular formula is C18H19FN2O7S. The van der Waals surface area contributed by atoms with E-state index in [2.05, 4.69) is 0 Å². The molecular weight excluding hydrogens is 407 g/mol. The van der Waals surface area contributed by atoms with Gasteiger partial charge in [0.15, 0.2) is 17.3 Å². The average molecular weight is 426 g/mol. The van der Waals surface area contributed by atoms with Crippen molar-refractivity contribution in [2.45, 2.75) is 13.3 Å². The first-order valence-electron chi connectivity index (χ1n) is 8.39. The summed E-state index contributed by atoms with van der Waals surface area (Å²) in [6.45, 7) is 1.61. The van der Waals surface area contributed by atoms with Crippen LogP contribution in [0.2, 0.25) is 0 Å². The molecule has 0 atom stereocenters. The topological polar surface area (TPSA) is 116 Å². The van der Waals surface area contributed by atoms with E-state index in [1.165, 1.54) is 26.4 Å². The molecule has 0 heterocycles. The third-order valence-electron chi connectivity index (χ3n) is 3.92. The van der Waals surface area contributed by atoms with Crippen LogP contribution in [0.25, 0.3) is 0 Å². The number of amides is 1. The van der Waals surface area contributed by atoms with E-state index in [4.69, 9.17) is 9.47 Å². The summed E-state index contributed by atoms with van der Waals surface area (Å²) in [5.74, 6) is -2.55. The Morgan fingerprint density at radius 1 is 1.14 bits per heavy atom. The number of carbonyl (C=O) groups excluding carboxylic acids is 1. The zero-order valence-electron chi connectivity index (χ0n) is 15.9. The van der Waals surface area contributed by atoms with Gasteiger partial charge in [-0.1, -0.05) is 6.92 Å². The molecule has 0 fully saturated rings. The molecule has 0 bridgehead atoms. The summed E-state index contributed by atoms with van der Waals surface area (Å²) < 4.78 is 49.9. The van der Waals surface area contributed by atoms with Gasteiger partial charge >= 0.3 is 5.69 Å². The van der Waals surface area contributed by atoms with Crippen molar-refractivity contribution in [2.24, 2.45) is 0 Å². The zero-order valence-corrected chi connectivity index (χ0v) is 16.7. The Morgan fingerprint density at radius 2 is 1.79 bits per heavy atom. The number of nitro groups is 1. The van der Waals surface area contributed by atoms with Crippen molar-refractivity contribution < 1.29 is 32.0 Å². The van der Waals surface area contributed by atoms with Crippen molar-refractivity contribution in [3.8, 4) is 11.5 Å². The number of nitro benzene ring substituents is 1. The average Bonchev–Trinajstić information content (AvgIpc) is 2.67. The maximum Gasteiger partial charge on any atom is 0.310 e. The van der Waals surface area contributed by atoms with E-state index < -0.39 is 26.7 Å². The van der Waals surface area contributed by atoms with E-state index in [0.717, 1.165) is 24.3 Å². The number of methoxy groups -OCH3 is 2. The van der Waals surface area contributed by atoms with Gasteiger partial charge in [-0.25, -0.2) is 17.1 Å². The number of benzene rings is 2. The lowest BCUT2D eigenvalue weighted by molar-refractivity contribution is -0.385. The second kappa shape index (κ2) is 8.86. The predicted molar refractivity (Wildman–Crippen MR) is 103 cm³/mol. The van der Waals surface area contributed by atoms with Crippen LogP contribution in [0.3, 0.4) is 0 Å². The number of halogens is 1. The molecule has 2 aromatic rings. The molecule has 2 aromatic carbocycles. The van der Waals surface area contributed by atoms with Gasteiger partial charge in [-0.15, -0.1) is 0 Å². The van der Waals surface area contributed by atoms with Gasteiger partial charge < -0.3 is 9.47 Å². The van der Waals surface area contributed by atoms with E-state index >= 15 is 0 Å². The number of hydrogen-bond acceptors (Lipinski definition) is 7. The Morgan fingerprint density at radius 3 is 2.31 bits per heavy atom. The molecule has 1 amide bonds. The molecule has 0 saturated carbocycles. The predicted octanol–water partition coefficient (Wildman–Crippen LogP) is 3.14. The molecule has 0 spiro atoms. The number of ether oxygens (including phenoxy) is 2. The Kier molecular flexibility index (Phi) is 6.75. The lowest BCUT2D eigenvalue weighted by atomic mass is 10.1. The number of rotatable bonds is 8. The molecule has 0 N–H and O–H groups in total. The Balaban J connectivity index is 2.62. The van der Waals surface area contributed by atoms with Crippen LogP contribution in [-0.4, -0.2) is 39.2 Å². The van der Waals surface area contributed by atoms with Crippen LogP contribution >= 0.6 is 0 Å². The molecule has 0 aliphatic heterocycles. The largest absolute Gasteiger partial charge is 0.494 e. The fourth-order valence-electron chi connectivity index (χ4n) is 2.61. The minimum Gasteiger partial charge on any atom is -0.494 e. The Hall–Kier alpha value is -3.21. The highest BCUT2D eigenvalue weighted by Crippen LogP contribution is 2.31. The highest BCUT2D eigenvalue weighted by atomic mass is 32.2. The van der Waals surface area contributed by atoms with Crippen molar-refractivity contribution in [1.82, 2.24) is 0 Å². The van der Waals surface area contributed by atoms with Crippen LogP contribution < -0.4 is 13.8 Å². The summed E-state index contributed by atoms with van der Waals surface area (Å²) in [5.41, 5.74) is -0.787. The SMILES string of the molecule is CCCS(=O)(=O)N(C(=O)c1ccc([N+](=O)[O-])c(OC)c1)c1ccc(OC)c(F)c1. The normalized spacial score (nSPS) is 11.0. The lowest BCUT2D eigenvalue weighted by Crippen LogP contribution is -2.38. The van der Waals surface area contributed by atoms with E-state index in [1.54, 1.807) is 6.92 Å². The van der Waals surface area contributed by atoms with Crippen molar-refractivity contribution >= 4 is 27.3 Å². The van der Waals surface area contributed by atoms with E-state index in [1.807, 2.05) is 0 Å². The molecule has 0 radical (unpaired) electrons. The number of hydrogen-bond donors (Lipinski definition) is 0. The van der Waals surface area contributed by atoms with Gasteiger partial charge in [-0.2, -0.15) is 0 Å². The fourth-order valence-corrected chi connectivity index (χ4v) is 4.11. The third-order valence-corrected chi connectivity index (χ3v) is 5.78. The van der Waals surface area contributed by atoms with Gasteiger partial charge in [0.1, 0.15) is 0 Å². The van der Waals surface area contributed by atoms with Gasteiger partial charge in [0.2, 0.25) is 10.0 Å². The molecule has 0 saturated heterocycles. The summed E-state index contributed by atoms with van der Waals surface area (Å²) >= 11 is 0. The molecule has 11 heteroatoms. The maximum absolute atomic E-state index is 14.2. The van der Waals surface area contributed by atoms with E-state index in [0.29, 0.717) is 4.31 Å². The van der Waals surface area contributed by atoms with Gasteiger partial charge in [-0.05, 0) is 24.6 Å². The summed E-state index contributed by atoms with van der Waals surface area (Å²) in [6.07, 6.45) is 0.217. The minimum atomic E-state index is -4.15. The molecule has 9 nitrogen and oxygen atoms in total. The van der Waals surface area contributed by atoms with Crippen molar-refractivity contribution in [3.05, 3.63) is 57.9 Å². The standard InChI is InChI=1S/C18H19FN2O7S/c1-4-9-29(25,26)20(13-6-8-16(27-2)14(19)11-13)18(22)12-5-7-15(21(23)24)17(10-12)28-3/h5-8,10-11H,4,9H2,1-3H3. The quantitative estimate of drug-likeness (QED) is 0.470. The first kappa shape index (κ1) is 22.1. The van der Waals surface area contributed by atoms with E-state index in [9.17, 15) is 27.7 Å². The molecule has 29 heavy (non-hydrogen) atoms. The molecule has 0 aliphatic rings. The molecule has 0 aromatic heterocycles. The van der Waals surface area contributed by atoms with Crippen LogP contribution in [0.15, 0.2) is 36.4 Å². The zero-order chi connectivity index (χ0) is 21.8. The molecule has 0 aliphatic carbocycles. The highest BCUT2D eigenvalue weighted by Gasteiger charge is 2.31. The van der Waals surface area contributed by atoms with Crippen molar-refractivity contribution in [1.29, 1.82) is 0 Å². The second-order valence-corrected chi connectivity index (χ2v) is 7.79. The minimum absolute atomic E-state index is 0.119. The lowest BCUT2D eigenvalue weighted by Gasteiger charge is -2.23. The van der Waals surface area contributed by atoms with Crippen LogP contribution in [-0.2, 0) is 10.0 Å².